The number of benzene rings is 2. The van der Waals surface area contributed by atoms with Crippen LogP contribution in [0.4, 0.5) is 5.69 Å². The first-order valence-electron chi connectivity index (χ1n) is 8.40. The molecule has 0 bridgehead atoms. The minimum atomic E-state index is -0.413. The molecule has 0 aliphatic carbocycles. The summed E-state index contributed by atoms with van der Waals surface area (Å²) < 4.78 is 6.97. The Hall–Kier alpha value is -3.25. The van der Waals surface area contributed by atoms with Gasteiger partial charge < -0.3 is 4.42 Å². The molecule has 0 aliphatic rings. The zero-order chi connectivity index (χ0) is 19.0. The molecule has 4 aromatic rings. The minimum absolute atomic E-state index is 0.0426. The number of hydrogen-bond acceptors (Lipinski definition) is 5. The van der Waals surface area contributed by atoms with Crippen LogP contribution in [0.3, 0.4) is 0 Å². The van der Waals surface area contributed by atoms with Crippen molar-refractivity contribution in [2.45, 2.75) is 13.8 Å². The predicted octanol–water partition coefficient (Wildman–Crippen LogP) is 6.25. The first-order valence-corrected chi connectivity index (χ1v) is 9.22. The SMILES string of the molecule is Cc1cc2nc(C=Cc3ccc(-c4cccc([N+](=O)[O-])c4)o3)sc2cc1C. The van der Waals surface area contributed by atoms with Crippen molar-refractivity contribution in [2.24, 2.45) is 0 Å². The highest BCUT2D eigenvalue weighted by Gasteiger charge is 2.10. The molecule has 4 rings (SSSR count). The molecule has 0 N–H and O–H groups in total. The molecular weight excluding hydrogens is 360 g/mol. The van der Waals surface area contributed by atoms with Gasteiger partial charge in [0.05, 0.1) is 15.1 Å². The van der Waals surface area contributed by atoms with Crippen LogP contribution in [-0.4, -0.2) is 9.91 Å². The number of aromatic nitrogens is 1. The monoisotopic (exact) mass is 376 g/mol. The average Bonchev–Trinajstić information content (AvgIpc) is 3.27. The summed E-state index contributed by atoms with van der Waals surface area (Å²) in [7, 11) is 0. The number of nitro benzene ring substituents is 1. The van der Waals surface area contributed by atoms with Gasteiger partial charge in [0.1, 0.15) is 16.5 Å². The molecule has 0 spiro atoms. The number of hydrogen-bond donors (Lipinski definition) is 0. The summed E-state index contributed by atoms with van der Waals surface area (Å²) in [6, 6.07) is 14.3. The van der Waals surface area contributed by atoms with Crippen LogP contribution in [0.5, 0.6) is 0 Å². The van der Waals surface area contributed by atoms with Gasteiger partial charge in [-0.25, -0.2) is 4.98 Å². The maximum Gasteiger partial charge on any atom is 0.270 e. The molecule has 5 nitrogen and oxygen atoms in total. The number of non-ortho nitro benzene ring substituents is 1. The third-order valence-corrected chi connectivity index (χ3v) is 5.36. The average molecular weight is 376 g/mol. The molecular formula is C21H16N2O3S. The Kier molecular flexibility index (Phi) is 4.33. The van der Waals surface area contributed by atoms with Crippen molar-refractivity contribution in [3.8, 4) is 11.3 Å². The summed E-state index contributed by atoms with van der Waals surface area (Å²) in [4.78, 5) is 15.2. The van der Waals surface area contributed by atoms with E-state index >= 15 is 0 Å². The van der Waals surface area contributed by atoms with Crippen LogP contribution in [0.25, 0.3) is 33.7 Å². The maximum absolute atomic E-state index is 10.9. The van der Waals surface area contributed by atoms with Crippen molar-refractivity contribution in [1.82, 2.24) is 4.98 Å². The third kappa shape index (κ3) is 3.52. The normalized spacial score (nSPS) is 11.5. The summed E-state index contributed by atoms with van der Waals surface area (Å²) >= 11 is 1.63. The van der Waals surface area contributed by atoms with Crippen molar-refractivity contribution in [2.75, 3.05) is 0 Å². The lowest BCUT2D eigenvalue weighted by molar-refractivity contribution is -0.384. The van der Waals surface area contributed by atoms with Crippen LogP contribution in [-0.2, 0) is 0 Å². The van der Waals surface area contributed by atoms with E-state index in [0.29, 0.717) is 17.1 Å². The highest BCUT2D eigenvalue weighted by molar-refractivity contribution is 7.19. The van der Waals surface area contributed by atoms with E-state index in [4.69, 9.17) is 4.42 Å². The lowest BCUT2D eigenvalue weighted by atomic mass is 10.1. The summed E-state index contributed by atoms with van der Waals surface area (Å²) in [5.74, 6) is 1.26. The Bertz CT molecular complexity index is 1150. The molecule has 0 saturated heterocycles. The molecule has 0 fully saturated rings. The molecule has 2 aromatic heterocycles. The third-order valence-electron chi connectivity index (χ3n) is 4.38. The van der Waals surface area contributed by atoms with Gasteiger partial charge in [-0.2, -0.15) is 0 Å². The Labute approximate surface area is 159 Å². The summed E-state index contributed by atoms with van der Waals surface area (Å²) in [5.41, 5.74) is 4.21. The fraction of sp³-hybridized carbons (Fsp3) is 0.0952. The quantitative estimate of drug-likeness (QED) is 0.312. The topological polar surface area (TPSA) is 69.2 Å². The number of nitro groups is 1. The first kappa shape index (κ1) is 17.2. The second kappa shape index (κ2) is 6.81. The summed E-state index contributed by atoms with van der Waals surface area (Å²) in [6.45, 7) is 4.18. The van der Waals surface area contributed by atoms with E-state index in [1.807, 2.05) is 24.3 Å². The number of furan rings is 1. The standard InChI is InChI=1S/C21H16N2O3S/c1-13-10-18-20(11-14(13)2)27-21(22-18)9-7-17-6-8-19(26-17)15-4-3-5-16(12-15)23(24)25/h3-12H,1-2H3. The smallest absolute Gasteiger partial charge is 0.270 e. The van der Waals surface area contributed by atoms with Gasteiger partial charge in [0.15, 0.2) is 0 Å². The molecule has 0 unspecified atom stereocenters. The zero-order valence-corrected chi connectivity index (χ0v) is 15.6. The second-order valence-corrected chi connectivity index (χ2v) is 7.36. The van der Waals surface area contributed by atoms with Crippen molar-refractivity contribution < 1.29 is 9.34 Å². The second-order valence-electron chi connectivity index (χ2n) is 6.30. The van der Waals surface area contributed by atoms with Crippen molar-refractivity contribution in [1.29, 1.82) is 0 Å². The van der Waals surface area contributed by atoms with Gasteiger partial charge in [0, 0.05) is 17.7 Å². The lowest BCUT2D eigenvalue weighted by Crippen LogP contribution is -1.87. The van der Waals surface area contributed by atoms with Gasteiger partial charge in [-0.1, -0.05) is 12.1 Å². The van der Waals surface area contributed by atoms with Crippen LogP contribution in [0.15, 0.2) is 52.9 Å². The Morgan fingerprint density at radius 1 is 1.07 bits per heavy atom. The summed E-state index contributed by atoms with van der Waals surface area (Å²) in [5, 5.41) is 11.8. The van der Waals surface area contributed by atoms with E-state index in [-0.39, 0.29) is 5.69 Å². The number of fused-ring (bicyclic) bond motifs is 1. The Morgan fingerprint density at radius 2 is 1.89 bits per heavy atom. The molecule has 2 aromatic carbocycles. The van der Waals surface area contributed by atoms with Gasteiger partial charge in [-0.15, -0.1) is 11.3 Å². The van der Waals surface area contributed by atoms with Gasteiger partial charge in [-0.3, -0.25) is 10.1 Å². The highest BCUT2D eigenvalue weighted by Crippen LogP contribution is 2.28. The number of nitrogens with zero attached hydrogens (tertiary/aromatic N) is 2. The highest BCUT2D eigenvalue weighted by atomic mass is 32.1. The molecule has 0 saturated carbocycles. The van der Waals surface area contributed by atoms with Crippen LogP contribution in [0.2, 0.25) is 0 Å². The molecule has 0 amide bonds. The van der Waals surface area contributed by atoms with E-state index in [9.17, 15) is 10.1 Å². The summed E-state index contributed by atoms with van der Waals surface area (Å²) in [6.07, 6.45) is 3.78. The number of aryl methyl sites for hydroxylation is 2. The Balaban J connectivity index is 1.59. The van der Waals surface area contributed by atoms with Gasteiger partial charge in [-0.05, 0) is 61.4 Å². The van der Waals surface area contributed by atoms with Crippen LogP contribution >= 0.6 is 11.3 Å². The Morgan fingerprint density at radius 3 is 2.70 bits per heavy atom. The lowest BCUT2D eigenvalue weighted by Gasteiger charge is -1.96. The molecule has 6 heteroatoms. The molecule has 2 heterocycles. The maximum atomic E-state index is 10.9. The van der Waals surface area contributed by atoms with Gasteiger partial charge in [0.2, 0.25) is 0 Å². The van der Waals surface area contributed by atoms with E-state index in [1.54, 1.807) is 23.5 Å². The van der Waals surface area contributed by atoms with Crippen molar-refractivity contribution in [3.05, 3.63) is 80.5 Å². The first-order chi connectivity index (χ1) is 13.0. The van der Waals surface area contributed by atoms with E-state index in [1.165, 1.54) is 23.3 Å². The predicted molar refractivity (Wildman–Crippen MR) is 109 cm³/mol. The van der Waals surface area contributed by atoms with E-state index < -0.39 is 4.92 Å². The molecule has 0 radical (unpaired) electrons. The van der Waals surface area contributed by atoms with Crippen LogP contribution in [0.1, 0.15) is 21.9 Å². The van der Waals surface area contributed by atoms with E-state index in [0.717, 1.165) is 15.2 Å². The molecule has 134 valence electrons. The van der Waals surface area contributed by atoms with Gasteiger partial charge in [0.25, 0.3) is 5.69 Å². The van der Waals surface area contributed by atoms with Crippen LogP contribution < -0.4 is 0 Å². The number of rotatable bonds is 4. The van der Waals surface area contributed by atoms with Crippen molar-refractivity contribution >= 4 is 39.4 Å². The fourth-order valence-electron chi connectivity index (χ4n) is 2.79. The van der Waals surface area contributed by atoms with Crippen LogP contribution in [0, 0.1) is 24.0 Å². The molecule has 27 heavy (non-hydrogen) atoms. The largest absolute Gasteiger partial charge is 0.457 e. The molecule has 0 aliphatic heterocycles. The number of thiazole rings is 1. The van der Waals surface area contributed by atoms with E-state index in [2.05, 4.69) is 31.0 Å². The fourth-order valence-corrected chi connectivity index (χ4v) is 3.74. The van der Waals surface area contributed by atoms with Crippen molar-refractivity contribution in [3.63, 3.8) is 0 Å². The molecule has 0 atom stereocenters. The zero-order valence-electron chi connectivity index (χ0n) is 14.8. The minimum Gasteiger partial charge on any atom is -0.457 e. The van der Waals surface area contributed by atoms with Gasteiger partial charge >= 0.3 is 0 Å².